The molecule has 0 bridgehead atoms. The third kappa shape index (κ3) is 6.94. The third-order valence-corrected chi connectivity index (χ3v) is 5.43. The number of furan rings is 1. The molecule has 3 heterocycles. The number of ether oxygens (including phenoxy) is 1. The highest BCUT2D eigenvalue weighted by atomic mass is 32.2. The molecule has 7 nitrogen and oxygen atoms in total. The quantitative estimate of drug-likeness (QED) is 0.577. The van der Waals surface area contributed by atoms with Gasteiger partial charge < -0.3 is 14.5 Å². The van der Waals surface area contributed by atoms with Crippen molar-refractivity contribution in [3.05, 3.63) is 60.2 Å². The van der Waals surface area contributed by atoms with E-state index in [2.05, 4.69) is 15.2 Å². The zero-order chi connectivity index (χ0) is 19.6. The third-order valence-electron chi connectivity index (χ3n) is 4.24. The number of carbonyl (C=O) groups is 1. The lowest BCUT2D eigenvalue weighted by Gasteiger charge is -2.30. The van der Waals surface area contributed by atoms with Crippen molar-refractivity contribution in [1.82, 2.24) is 15.2 Å². The van der Waals surface area contributed by atoms with Crippen molar-refractivity contribution in [2.75, 3.05) is 32.0 Å². The number of carbonyl (C=O) groups excluding carboxylic acids is 1. The van der Waals surface area contributed by atoms with Gasteiger partial charge in [-0.05, 0) is 49.3 Å². The molecule has 1 atom stereocenters. The van der Waals surface area contributed by atoms with Gasteiger partial charge in [-0.15, -0.1) is 0 Å². The second-order valence-corrected chi connectivity index (χ2v) is 7.98. The van der Waals surface area contributed by atoms with Crippen molar-refractivity contribution in [3.63, 3.8) is 0 Å². The lowest BCUT2D eigenvalue weighted by atomic mass is 10.1. The summed E-state index contributed by atoms with van der Waals surface area (Å²) in [6.45, 7) is 3.98. The molecule has 1 aliphatic rings. The number of rotatable bonds is 11. The summed E-state index contributed by atoms with van der Waals surface area (Å²) in [4.78, 5) is 18.4. The molecule has 1 fully saturated rings. The van der Waals surface area contributed by atoms with Crippen LogP contribution in [0.3, 0.4) is 0 Å². The van der Waals surface area contributed by atoms with Gasteiger partial charge in [0.25, 0.3) is 0 Å². The van der Waals surface area contributed by atoms with Gasteiger partial charge in [-0.1, -0.05) is 6.08 Å². The molecule has 0 aromatic carbocycles. The van der Waals surface area contributed by atoms with Crippen LogP contribution in [0.25, 0.3) is 0 Å². The predicted molar refractivity (Wildman–Crippen MR) is 107 cm³/mol. The maximum Gasteiger partial charge on any atom is 0.232 e. The summed E-state index contributed by atoms with van der Waals surface area (Å²) in [5.74, 6) is 1.16. The van der Waals surface area contributed by atoms with Crippen LogP contribution in [0.5, 0.6) is 5.88 Å². The Bertz CT molecular complexity index is 804. The maximum absolute atomic E-state index is 11.9. The number of hydrogen-bond acceptors (Lipinski definition) is 6. The largest absolute Gasteiger partial charge is 0.473 e. The number of nitrogens with zero attached hydrogens (tertiary/aromatic N) is 2. The van der Waals surface area contributed by atoms with E-state index in [1.165, 1.54) is 18.2 Å². The van der Waals surface area contributed by atoms with Gasteiger partial charge in [-0.25, -0.2) is 4.98 Å². The van der Waals surface area contributed by atoms with Gasteiger partial charge in [-0.3, -0.25) is 13.9 Å². The molecule has 8 heteroatoms. The zero-order valence-corrected chi connectivity index (χ0v) is 16.5. The molecule has 2 aromatic rings. The molecule has 0 radical (unpaired) electrons. The van der Waals surface area contributed by atoms with Crippen LogP contribution >= 0.6 is 0 Å². The first kappa shape index (κ1) is 20.3. The first-order chi connectivity index (χ1) is 13.7. The molecule has 1 unspecified atom stereocenters. The van der Waals surface area contributed by atoms with Crippen LogP contribution in [0.15, 0.2) is 53.3 Å². The van der Waals surface area contributed by atoms with Crippen molar-refractivity contribution in [2.24, 2.45) is 0 Å². The van der Waals surface area contributed by atoms with E-state index >= 15 is 0 Å². The highest BCUT2D eigenvalue weighted by Crippen LogP contribution is 2.15. The van der Waals surface area contributed by atoms with Crippen LogP contribution in [-0.4, -0.2) is 52.0 Å². The normalized spacial score (nSPS) is 15.3. The van der Waals surface area contributed by atoms with E-state index in [9.17, 15) is 9.00 Å². The summed E-state index contributed by atoms with van der Waals surface area (Å²) in [5.41, 5.74) is 1.20. The van der Waals surface area contributed by atoms with Crippen molar-refractivity contribution >= 4 is 16.7 Å². The van der Waals surface area contributed by atoms with Crippen molar-refractivity contribution in [3.8, 4) is 5.88 Å². The second-order valence-electron chi connectivity index (χ2n) is 6.53. The molecule has 2 aromatic heterocycles. The van der Waals surface area contributed by atoms with E-state index < -0.39 is 10.8 Å². The van der Waals surface area contributed by atoms with Gasteiger partial charge in [0.2, 0.25) is 11.8 Å². The van der Waals surface area contributed by atoms with Gasteiger partial charge >= 0.3 is 0 Å². The second kappa shape index (κ2) is 10.8. The predicted octanol–water partition coefficient (Wildman–Crippen LogP) is 1.88. The van der Waals surface area contributed by atoms with E-state index in [1.54, 1.807) is 24.4 Å². The van der Waals surface area contributed by atoms with Crippen LogP contribution in [0.1, 0.15) is 17.7 Å². The Hall–Kier alpha value is -2.45. The number of nitrogens with one attached hydrogen (secondary N) is 1. The molecule has 1 aliphatic heterocycles. The maximum atomic E-state index is 11.9. The lowest BCUT2D eigenvalue weighted by Crippen LogP contribution is -2.36. The number of hydrogen-bond donors (Lipinski definition) is 1. The van der Waals surface area contributed by atoms with Crippen LogP contribution in [0.4, 0.5) is 0 Å². The zero-order valence-electron chi connectivity index (χ0n) is 15.7. The molecule has 28 heavy (non-hydrogen) atoms. The van der Waals surface area contributed by atoms with Crippen LogP contribution in [0.2, 0.25) is 0 Å². The number of aromatic nitrogens is 1. The first-order valence-electron chi connectivity index (χ1n) is 9.28. The minimum Gasteiger partial charge on any atom is -0.473 e. The van der Waals surface area contributed by atoms with Gasteiger partial charge in [0.15, 0.2) is 0 Å². The van der Waals surface area contributed by atoms with Crippen molar-refractivity contribution < 1.29 is 18.2 Å². The number of pyridine rings is 1. The summed E-state index contributed by atoms with van der Waals surface area (Å²) in [5, 5.41) is 2.71. The SMILES string of the molecule is O=C(CS(=O)Cc1ccco1)NC/C=C\COc1cc(CN2CCC2)ccn1. The molecule has 0 spiro atoms. The molecular weight excluding hydrogens is 378 g/mol. The fraction of sp³-hybridized carbons (Fsp3) is 0.400. The average Bonchev–Trinajstić information content (AvgIpc) is 3.14. The van der Waals surface area contributed by atoms with E-state index in [4.69, 9.17) is 9.15 Å². The summed E-state index contributed by atoms with van der Waals surface area (Å²) in [6.07, 6.45) is 8.19. The smallest absolute Gasteiger partial charge is 0.232 e. The Labute approximate surface area is 167 Å². The van der Waals surface area contributed by atoms with Crippen molar-refractivity contribution in [1.29, 1.82) is 0 Å². The van der Waals surface area contributed by atoms with E-state index in [0.29, 0.717) is 24.8 Å². The van der Waals surface area contributed by atoms with Crippen LogP contribution in [0, 0.1) is 0 Å². The van der Waals surface area contributed by atoms with Crippen LogP contribution < -0.4 is 10.1 Å². The van der Waals surface area contributed by atoms with Gasteiger partial charge in [-0.2, -0.15) is 0 Å². The fourth-order valence-electron chi connectivity index (χ4n) is 2.69. The van der Waals surface area contributed by atoms with E-state index in [0.717, 1.165) is 19.6 Å². The van der Waals surface area contributed by atoms with E-state index in [1.807, 2.05) is 18.2 Å². The monoisotopic (exact) mass is 403 g/mol. The first-order valence-corrected chi connectivity index (χ1v) is 10.8. The minimum atomic E-state index is -1.28. The molecule has 150 valence electrons. The molecule has 0 saturated carbocycles. The molecule has 1 N–H and O–H groups in total. The lowest BCUT2D eigenvalue weighted by molar-refractivity contribution is -0.118. The Morgan fingerprint density at radius 1 is 1.36 bits per heavy atom. The summed E-state index contributed by atoms with van der Waals surface area (Å²) >= 11 is 0. The molecule has 0 aliphatic carbocycles. The van der Waals surface area contributed by atoms with Gasteiger partial charge in [0, 0.05) is 36.2 Å². The standard InChI is InChI=1S/C20H25N3O4S/c24-19(16-28(25)15-18-5-3-12-26-18)21-7-1-2-11-27-20-13-17(6-8-22-20)14-23-9-4-10-23/h1-3,5-6,8,12-13H,4,7,9-11,14-16H2,(H,21,24)/b2-1-. The molecule has 3 rings (SSSR count). The molecule has 1 saturated heterocycles. The van der Waals surface area contributed by atoms with Crippen LogP contribution in [-0.2, 0) is 27.9 Å². The number of amides is 1. The van der Waals surface area contributed by atoms with Gasteiger partial charge in [0.05, 0.1) is 12.0 Å². The highest BCUT2D eigenvalue weighted by Gasteiger charge is 2.14. The Balaban J connectivity index is 1.29. The molecule has 1 amide bonds. The summed E-state index contributed by atoms with van der Waals surface area (Å²) in [7, 11) is -1.28. The van der Waals surface area contributed by atoms with E-state index in [-0.39, 0.29) is 17.4 Å². The Morgan fingerprint density at radius 2 is 2.25 bits per heavy atom. The van der Waals surface area contributed by atoms with Crippen molar-refractivity contribution in [2.45, 2.75) is 18.7 Å². The highest BCUT2D eigenvalue weighted by molar-refractivity contribution is 7.84. The molecular formula is C20H25N3O4S. The number of likely N-dealkylation sites (tertiary alicyclic amines) is 1. The average molecular weight is 404 g/mol. The Kier molecular flexibility index (Phi) is 7.81. The topological polar surface area (TPSA) is 84.7 Å². The summed E-state index contributed by atoms with van der Waals surface area (Å²) < 4.78 is 22.6. The summed E-state index contributed by atoms with van der Waals surface area (Å²) in [6, 6.07) is 7.44. The fourth-order valence-corrected chi connectivity index (χ4v) is 3.66. The minimum absolute atomic E-state index is 0.0429. The Morgan fingerprint density at radius 3 is 3.00 bits per heavy atom. The van der Waals surface area contributed by atoms with Gasteiger partial charge in [0.1, 0.15) is 18.1 Å².